The van der Waals surface area contributed by atoms with Gasteiger partial charge in [-0.25, -0.2) is 0 Å². The molecule has 64 valence electrons. The van der Waals surface area contributed by atoms with Gasteiger partial charge in [0.2, 0.25) is 5.39 Å². The Morgan fingerprint density at radius 3 is 2.00 bits per heavy atom. The third-order valence-electron chi connectivity index (χ3n) is 1.51. The number of phenolic OH excluding ortho intramolecular Hbond substituents is 1. The number of phenols is 1. The van der Waals surface area contributed by atoms with E-state index in [4.69, 9.17) is 10.5 Å². The second kappa shape index (κ2) is 3.45. The molecule has 13 heavy (non-hydrogen) atoms. The SMILES string of the molecule is N#[N+]c1c(C=O)cc(O)cc1C=O. The van der Waals surface area contributed by atoms with Crippen molar-refractivity contribution in [2.75, 3.05) is 0 Å². The highest BCUT2D eigenvalue weighted by molar-refractivity contribution is 5.95. The maximum Gasteiger partial charge on any atom is 0.406 e. The Hall–Kier alpha value is -2.22. The molecule has 0 aliphatic carbocycles. The van der Waals surface area contributed by atoms with Crippen molar-refractivity contribution < 1.29 is 14.7 Å². The molecule has 0 unspecified atom stereocenters. The van der Waals surface area contributed by atoms with Gasteiger partial charge in [0.05, 0.1) is 0 Å². The fourth-order valence-electron chi connectivity index (χ4n) is 0.959. The van der Waals surface area contributed by atoms with Crippen molar-refractivity contribution in [3.8, 4) is 5.75 Å². The molecule has 5 heteroatoms. The molecular weight excluding hydrogens is 172 g/mol. The van der Waals surface area contributed by atoms with E-state index < -0.39 is 0 Å². The van der Waals surface area contributed by atoms with Gasteiger partial charge in [-0.1, -0.05) is 0 Å². The van der Waals surface area contributed by atoms with Gasteiger partial charge in [-0.3, -0.25) is 9.59 Å². The molecule has 1 aromatic rings. The van der Waals surface area contributed by atoms with Crippen LogP contribution >= 0.6 is 0 Å². The third kappa shape index (κ3) is 1.51. The zero-order valence-electron chi connectivity index (χ0n) is 6.47. The molecule has 0 saturated carbocycles. The number of rotatable bonds is 2. The van der Waals surface area contributed by atoms with E-state index in [1.807, 2.05) is 0 Å². The van der Waals surface area contributed by atoms with Crippen molar-refractivity contribution >= 4 is 18.3 Å². The summed E-state index contributed by atoms with van der Waals surface area (Å²) in [5.41, 5.74) is -0.211. The Labute approximate surface area is 73.2 Å². The lowest BCUT2D eigenvalue weighted by Crippen LogP contribution is -1.87. The molecule has 1 rings (SSSR count). The number of hydrogen-bond acceptors (Lipinski definition) is 4. The molecule has 1 N–H and O–H groups in total. The normalized spacial score (nSPS) is 8.85. The first-order valence-corrected chi connectivity index (χ1v) is 3.35. The molecule has 0 aromatic heterocycles. The predicted molar refractivity (Wildman–Crippen MR) is 43.6 cm³/mol. The molecule has 0 atom stereocenters. The molecule has 0 spiro atoms. The van der Waals surface area contributed by atoms with Gasteiger partial charge < -0.3 is 5.11 Å². The van der Waals surface area contributed by atoms with E-state index in [0.29, 0.717) is 12.6 Å². The molecule has 0 saturated heterocycles. The van der Waals surface area contributed by atoms with Gasteiger partial charge in [0.1, 0.15) is 16.9 Å². The second-order valence-corrected chi connectivity index (χ2v) is 2.31. The van der Waals surface area contributed by atoms with Gasteiger partial charge in [0.15, 0.2) is 17.5 Å². The van der Waals surface area contributed by atoms with Gasteiger partial charge in [-0.2, -0.15) is 0 Å². The lowest BCUT2D eigenvalue weighted by atomic mass is 10.1. The van der Waals surface area contributed by atoms with Crippen molar-refractivity contribution in [1.29, 1.82) is 5.39 Å². The van der Waals surface area contributed by atoms with E-state index in [9.17, 15) is 9.59 Å². The van der Waals surface area contributed by atoms with Crippen molar-refractivity contribution in [3.05, 3.63) is 28.2 Å². The van der Waals surface area contributed by atoms with Crippen LogP contribution < -0.4 is 0 Å². The molecule has 1 aromatic carbocycles. The van der Waals surface area contributed by atoms with E-state index in [1.165, 1.54) is 0 Å². The minimum Gasteiger partial charge on any atom is -0.508 e. The molecule has 0 heterocycles. The Morgan fingerprint density at radius 1 is 1.23 bits per heavy atom. The minimum atomic E-state index is -0.225. The lowest BCUT2D eigenvalue weighted by molar-refractivity contribution is 0.112. The highest BCUT2D eigenvalue weighted by Gasteiger charge is 2.20. The average molecular weight is 177 g/mol. The molecule has 0 fully saturated rings. The Morgan fingerprint density at radius 2 is 1.69 bits per heavy atom. The maximum absolute atomic E-state index is 10.4. The van der Waals surface area contributed by atoms with Crippen LogP contribution in [0.3, 0.4) is 0 Å². The first-order chi connectivity index (χ1) is 6.22. The number of carbonyl (C=O) groups excluding carboxylic acids is 2. The fraction of sp³-hybridized carbons (Fsp3) is 0. The zero-order valence-corrected chi connectivity index (χ0v) is 6.47. The largest absolute Gasteiger partial charge is 0.508 e. The zero-order chi connectivity index (χ0) is 9.84. The fourth-order valence-corrected chi connectivity index (χ4v) is 0.959. The van der Waals surface area contributed by atoms with Crippen LogP contribution in [0.25, 0.3) is 4.98 Å². The Kier molecular flexibility index (Phi) is 2.36. The van der Waals surface area contributed by atoms with Crippen LogP contribution in [0.4, 0.5) is 5.69 Å². The number of aromatic hydroxyl groups is 1. The average Bonchev–Trinajstić information content (AvgIpc) is 2.16. The van der Waals surface area contributed by atoms with Crippen molar-refractivity contribution in [3.63, 3.8) is 0 Å². The van der Waals surface area contributed by atoms with E-state index in [1.54, 1.807) is 0 Å². The number of carbonyl (C=O) groups is 2. The summed E-state index contributed by atoms with van der Waals surface area (Å²) in [7, 11) is 0. The molecule has 0 radical (unpaired) electrons. The van der Waals surface area contributed by atoms with Crippen molar-refractivity contribution in [2.24, 2.45) is 0 Å². The predicted octanol–water partition coefficient (Wildman–Crippen LogP) is 1.50. The molecule has 0 bridgehead atoms. The summed E-state index contributed by atoms with van der Waals surface area (Å²) in [6.07, 6.45) is 0.781. The van der Waals surface area contributed by atoms with E-state index in [-0.39, 0.29) is 22.6 Å². The highest BCUT2D eigenvalue weighted by atomic mass is 16.3. The minimum absolute atomic E-state index is 0.0374. The number of nitrogens with zero attached hydrogens (tertiary/aromatic N) is 2. The standard InChI is InChI=1S/C8H4N2O3/c9-10-8-5(3-11)1-7(13)2-6(8)4-12/h1-4H/p+1. The van der Waals surface area contributed by atoms with Crippen LogP contribution in [0.1, 0.15) is 20.7 Å². The quantitative estimate of drug-likeness (QED) is 0.548. The summed E-state index contributed by atoms with van der Waals surface area (Å²) in [5.74, 6) is -0.225. The number of diazo groups is 1. The smallest absolute Gasteiger partial charge is 0.406 e. The topological polar surface area (TPSA) is 82.5 Å². The first kappa shape index (κ1) is 8.87. The van der Waals surface area contributed by atoms with E-state index in [2.05, 4.69) is 4.98 Å². The van der Waals surface area contributed by atoms with Gasteiger partial charge in [0, 0.05) is 0 Å². The monoisotopic (exact) mass is 177 g/mol. The summed E-state index contributed by atoms with van der Waals surface area (Å²) in [4.78, 5) is 23.6. The van der Waals surface area contributed by atoms with Crippen LogP contribution in [0.5, 0.6) is 5.75 Å². The van der Waals surface area contributed by atoms with Crippen LogP contribution in [0.15, 0.2) is 12.1 Å². The molecule has 0 aliphatic rings. The molecule has 0 amide bonds. The summed E-state index contributed by atoms with van der Waals surface area (Å²) >= 11 is 0. The summed E-state index contributed by atoms with van der Waals surface area (Å²) in [6.45, 7) is 0. The molecular formula is C8H5N2O3+. The lowest BCUT2D eigenvalue weighted by Gasteiger charge is -1.92. The van der Waals surface area contributed by atoms with Gasteiger partial charge in [-0.05, 0) is 12.1 Å². The summed E-state index contributed by atoms with van der Waals surface area (Å²) in [6, 6.07) is 2.21. The number of benzene rings is 1. The van der Waals surface area contributed by atoms with Crippen molar-refractivity contribution in [2.45, 2.75) is 0 Å². The third-order valence-corrected chi connectivity index (χ3v) is 1.51. The van der Waals surface area contributed by atoms with Crippen LogP contribution in [-0.4, -0.2) is 17.7 Å². The summed E-state index contributed by atoms with van der Waals surface area (Å²) in [5, 5.41) is 17.5. The van der Waals surface area contributed by atoms with Gasteiger partial charge in [-0.15, -0.1) is 0 Å². The Bertz CT molecular complexity index is 377. The summed E-state index contributed by atoms with van der Waals surface area (Å²) < 4.78 is 0. The molecule has 0 aliphatic heterocycles. The van der Waals surface area contributed by atoms with Crippen LogP contribution in [0.2, 0.25) is 0 Å². The Balaban J connectivity index is 3.53. The van der Waals surface area contributed by atoms with Crippen LogP contribution in [-0.2, 0) is 0 Å². The van der Waals surface area contributed by atoms with Gasteiger partial charge >= 0.3 is 5.69 Å². The van der Waals surface area contributed by atoms with Gasteiger partial charge in [0.25, 0.3) is 0 Å². The van der Waals surface area contributed by atoms with E-state index in [0.717, 1.165) is 12.1 Å². The maximum atomic E-state index is 10.4. The second-order valence-electron chi connectivity index (χ2n) is 2.31. The molecule has 5 nitrogen and oxygen atoms in total. The first-order valence-electron chi connectivity index (χ1n) is 3.35. The number of aldehydes is 2. The highest BCUT2D eigenvalue weighted by Crippen LogP contribution is 2.26. The van der Waals surface area contributed by atoms with Crippen molar-refractivity contribution in [1.82, 2.24) is 0 Å². The number of hydrogen-bond donors (Lipinski definition) is 1. The van der Waals surface area contributed by atoms with E-state index >= 15 is 0 Å². The van der Waals surface area contributed by atoms with Crippen LogP contribution in [0, 0.1) is 5.39 Å².